The van der Waals surface area contributed by atoms with Crippen molar-refractivity contribution in [1.82, 2.24) is 0 Å². The Balaban J connectivity index is 2.32. The summed E-state index contributed by atoms with van der Waals surface area (Å²) in [5, 5.41) is 9.39. The van der Waals surface area contributed by atoms with Crippen molar-refractivity contribution < 1.29 is 14.3 Å². The van der Waals surface area contributed by atoms with Crippen molar-refractivity contribution in [2.45, 2.75) is 19.3 Å². The summed E-state index contributed by atoms with van der Waals surface area (Å²) in [6.07, 6.45) is 0.290. The van der Waals surface area contributed by atoms with Gasteiger partial charge in [-0.15, -0.1) is 0 Å². The monoisotopic (exact) mass is 258 g/mol. The molecule has 0 heterocycles. The van der Waals surface area contributed by atoms with Gasteiger partial charge in [0.05, 0.1) is 5.92 Å². The van der Waals surface area contributed by atoms with E-state index < -0.39 is 11.9 Å². The first-order chi connectivity index (χ1) is 9.08. The van der Waals surface area contributed by atoms with Gasteiger partial charge in [0.2, 0.25) is 0 Å². The zero-order valence-corrected chi connectivity index (χ0v) is 10.6. The number of carboxylic acids is 1. The van der Waals surface area contributed by atoms with Crippen LogP contribution in [0.4, 0.5) is 4.39 Å². The number of rotatable bonds is 4. The van der Waals surface area contributed by atoms with Crippen molar-refractivity contribution in [3.8, 4) is 0 Å². The molecule has 1 atom stereocenters. The van der Waals surface area contributed by atoms with Crippen molar-refractivity contribution in [3.63, 3.8) is 0 Å². The molecule has 2 nitrogen and oxygen atoms in total. The van der Waals surface area contributed by atoms with Gasteiger partial charge < -0.3 is 5.11 Å². The maximum absolute atomic E-state index is 13.2. The van der Waals surface area contributed by atoms with Gasteiger partial charge in [-0.2, -0.15) is 0 Å². The first kappa shape index (κ1) is 13.3. The number of benzene rings is 2. The quantitative estimate of drug-likeness (QED) is 0.910. The van der Waals surface area contributed by atoms with E-state index in [1.54, 1.807) is 12.1 Å². The van der Waals surface area contributed by atoms with Crippen molar-refractivity contribution >= 4 is 5.97 Å². The molecule has 3 heteroatoms. The lowest BCUT2D eigenvalue weighted by Crippen LogP contribution is -2.15. The molecule has 0 saturated carbocycles. The zero-order chi connectivity index (χ0) is 13.8. The second kappa shape index (κ2) is 5.65. The Labute approximate surface area is 111 Å². The smallest absolute Gasteiger partial charge is 0.311 e. The van der Waals surface area contributed by atoms with Crippen LogP contribution in [0.1, 0.15) is 22.6 Å². The summed E-state index contributed by atoms with van der Waals surface area (Å²) in [6, 6.07) is 13.5. The molecule has 98 valence electrons. The zero-order valence-electron chi connectivity index (χ0n) is 10.6. The van der Waals surface area contributed by atoms with Crippen molar-refractivity contribution in [1.29, 1.82) is 0 Å². The van der Waals surface area contributed by atoms with Gasteiger partial charge in [-0.1, -0.05) is 36.4 Å². The van der Waals surface area contributed by atoms with E-state index in [0.29, 0.717) is 5.56 Å². The van der Waals surface area contributed by atoms with E-state index in [1.807, 2.05) is 31.2 Å². The van der Waals surface area contributed by atoms with E-state index >= 15 is 0 Å². The van der Waals surface area contributed by atoms with Crippen LogP contribution in [0.5, 0.6) is 0 Å². The number of aryl methyl sites for hydroxylation is 1. The molecule has 2 rings (SSSR count). The molecule has 0 aliphatic carbocycles. The predicted octanol–water partition coefficient (Wildman–Crippen LogP) is 3.55. The third kappa shape index (κ3) is 3.19. The number of hydrogen-bond acceptors (Lipinski definition) is 1. The van der Waals surface area contributed by atoms with Crippen LogP contribution in [-0.4, -0.2) is 11.1 Å². The average molecular weight is 258 g/mol. The molecule has 1 unspecified atom stereocenters. The predicted molar refractivity (Wildman–Crippen MR) is 71.7 cm³/mol. The number of hydrogen-bond donors (Lipinski definition) is 1. The number of carbonyl (C=O) groups is 1. The summed E-state index contributed by atoms with van der Waals surface area (Å²) in [4.78, 5) is 11.4. The molecule has 0 aliphatic heterocycles. The molecule has 0 bridgehead atoms. The third-order valence-electron chi connectivity index (χ3n) is 3.19. The number of aliphatic carboxylic acids is 1. The van der Waals surface area contributed by atoms with Gasteiger partial charge in [0, 0.05) is 0 Å². The van der Waals surface area contributed by atoms with Gasteiger partial charge >= 0.3 is 5.97 Å². The Morgan fingerprint density at radius 2 is 1.95 bits per heavy atom. The lowest BCUT2D eigenvalue weighted by atomic mass is 9.89. The normalized spacial score (nSPS) is 12.1. The van der Waals surface area contributed by atoms with Gasteiger partial charge in [-0.3, -0.25) is 4.79 Å². The summed E-state index contributed by atoms with van der Waals surface area (Å²) in [5.41, 5.74) is 2.40. The number of carboxylic acid groups (broad SMARTS) is 1. The van der Waals surface area contributed by atoms with Crippen LogP contribution < -0.4 is 0 Å². The maximum Gasteiger partial charge on any atom is 0.311 e. The largest absolute Gasteiger partial charge is 0.481 e. The van der Waals surface area contributed by atoms with Crippen molar-refractivity contribution in [2.24, 2.45) is 0 Å². The fourth-order valence-electron chi connectivity index (χ4n) is 2.21. The third-order valence-corrected chi connectivity index (χ3v) is 3.19. The Bertz CT molecular complexity index is 593. The standard InChI is InChI=1S/C16H15FO2/c1-11-5-2-3-8-14(11)15(16(18)19)10-12-6-4-7-13(17)9-12/h2-9,15H,10H2,1H3,(H,18,19). The summed E-state index contributed by atoms with van der Waals surface area (Å²) < 4.78 is 13.2. The second-order valence-corrected chi connectivity index (χ2v) is 4.58. The average Bonchev–Trinajstić information content (AvgIpc) is 2.37. The topological polar surface area (TPSA) is 37.3 Å². The van der Waals surface area contributed by atoms with E-state index in [4.69, 9.17) is 0 Å². The summed E-state index contributed by atoms with van der Waals surface area (Å²) >= 11 is 0. The van der Waals surface area contributed by atoms with Crippen LogP contribution in [0.15, 0.2) is 48.5 Å². The lowest BCUT2D eigenvalue weighted by Gasteiger charge is -2.15. The molecule has 19 heavy (non-hydrogen) atoms. The molecule has 2 aromatic rings. The molecule has 2 aromatic carbocycles. The van der Waals surface area contributed by atoms with Crippen LogP contribution >= 0.6 is 0 Å². The first-order valence-corrected chi connectivity index (χ1v) is 6.10. The molecular formula is C16H15FO2. The van der Waals surface area contributed by atoms with Crippen LogP contribution in [0.2, 0.25) is 0 Å². The highest BCUT2D eigenvalue weighted by Crippen LogP contribution is 2.24. The Hall–Kier alpha value is -2.16. The second-order valence-electron chi connectivity index (χ2n) is 4.58. The number of halogens is 1. The van der Waals surface area contributed by atoms with Gasteiger partial charge in [0.15, 0.2) is 0 Å². The minimum atomic E-state index is -0.890. The molecular weight excluding hydrogens is 243 g/mol. The molecule has 0 fully saturated rings. The molecule has 0 spiro atoms. The van der Waals surface area contributed by atoms with Crippen LogP contribution in [0.25, 0.3) is 0 Å². The highest BCUT2D eigenvalue weighted by molar-refractivity contribution is 5.77. The van der Waals surface area contributed by atoms with Crippen LogP contribution in [0.3, 0.4) is 0 Å². The van der Waals surface area contributed by atoms with E-state index in [9.17, 15) is 14.3 Å². The molecule has 0 aliphatic rings. The van der Waals surface area contributed by atoms with Gasteiger partial charge in [-0.25, -0.2) is 4.39 Å². The minimum Gasteiger partial charge on any atom is -0.481 e. The molecule has 0 amide bonds. The lowest BCUT2D eigenvalue weighted by molar-refractivity contribution is -0.138. The van der Waals surface area contributed by atoms with Gasteiger partial charge in [-0.05, 0) is 42.2 Å². The fraction of sp³-hybridized carbons (Fsp3) is 0.188. The maximum atomic E-state index is 13.2. The van der Waals surface area contributed by atoms with E-state index in [1.165, 1.54) is 12.1 Å². The summed E-state index contributed by atoms with van der Waals surface area (Å²) in [7, 11) is 0. The Morgan fingerprint density at radius 3 is 2.58 bits per heavy atom. The van der Waals surface area contributed by atoms with E-state index in [0.717, 1.165) is 11.1 Å². The van der Waals surface area contributed by atoms with Crippen LogP contribution in [-0.2, 0) is 11.2 Å². The SMILES string of the molecule is Cc1ccccc1C(Cc1cccc(F)c1)C(=O)O. The minimum absolute atomic E-state index is 0.290. The van der Waals surface area contributed by atoms with Crippen molar-refractivity contribution in [3.05, 3.63) is 71.0 Å². The first-order valence-electron chi connectivity index (χ1n) is 6.10. The van der Waals surface area contributed by atoms with Gasteiger partial charge in [0.1, 0.15) is 5.82 Å². The van der Waals surface area contributed by atoms with E-state index in [2.05, 4.69) is 0 Å². The van der Waals surface area contributed by atoms with E-state index in [-0.39, 0.29) is 12.2 Å². The highest BCUT2D eigenvalue weighted by Gasteiger charge is 2.21. The molecule has 1 N–H and O–H groups in total. The summed E-state index contributed by atoms with van der Waals surface area (Å²) in [5.74, 6) is -1.88. The molecule has 0 saturated heterocycles. The van der Waals surface area contributed by atoms with Crippen molar-refractivity contribution in [2.75, 3.05) is 0 Å². The highest BCUT2D eigenvalue weighted by atomic mass is 19.1. The Morgan fingerprint density at radius 1 is 1.21 bits per heavy atom. The molecule has 0 aromatic heterocycles. The Kier molecular flexibility index (Phi) is 3.95. The summed E-state index contributed by atoms with van der Waals surface area (Å²) in [6.45, 7) is 1.89. The fourth-order valence-corrected chi connectivity index (χ4v) is 2.21. The van der Waals surface area contributed by atoms with Gasteiger partial charge in [0.25, 0.3) is 0 Å². The molecule has 0 radical (unpaired) electrons. The van der Waals surface area contributed by atoms with Crippen LogP contribution in [0, 0.1) is 12.7 Å².